The fourth-order valence-electron chi connectivity index (χ4n) is 3.33. The van der Waals surface area contributed by atoms with Gasteiger partial charge in [-0.05, 0) is 22.9 Å². The first-order chi connectivity index (χ1) is 9.24. The molecule has 4 bridgehead atoms. The van der Waals surface area contributed by atoms with Crippen LogP contribution in [0.3, 0.4) is 0 Å². The van der Waals surface area contributed by atoms with Crippen molar-refractivity contribution in [2.45, 2.75) is 42.4 Å². The van der Waals surface area contributed by atoms with Gasteiger partial charge in [0.15, 0.2) is 0 Å². The van der Waals surface area contributed by atoms with Crippen LogP contribution in [0.2, 0.25) is 0 Å². The standard InChI is InChI=1S/C7H6O10P2/c1-2-4-6(5(3-1)10-18(11-5)12-6)13-19-14-7(4,15-19)9-17-16-8-4/h1-3H2. The largest absolute Gasteiger partial charge is 0.367 e. The lowest BCUT2D eigenvalue weighted by Gasteiger charge is -2.65. The Hall–Kier alpha value is 0.460. The zero-order valence-electron chi connectivity index (χ0n) is 9.10. The summed E-state index contributed by atoms with van der Waals surface area (Å²) < 4.78 is 33.9. The van der Waals surface area contributed by atoms with Gasteiger partial charge in [0.05, 0.1) is 0 Å². The Morgan fingerprint density at radius 3 is 2.32 bits per heavy atom. The van der Waals surface area contributed by atoms with E-state index < -0.39 is 40.4 Å². The number of rotatable bonds is 0. The van der Waals surface area contributed by atoms with Crippen molar-refractivity contribution in [3.05, 3.63) is 0 Å². The van der Waals surface area contributed by atoms with Crippen LogP contribution in [0, 0.1) is 0 Å². The Morgan fingerprint density at radius 2 is 1.47 bits per heavy atom. The molecule has 8 rings (SSSR count). The van der Waals surface area contributed by atoms with Gasteiger partial charge in [-0.2, -0.15) is 4.89 Å². The Kier molecular flexibility index (Phi) is 1.74. The maximum atomic E-state index is 5.79. The second-order valence-corrected chi connectivity index (χ2v) is 6.89. The molecule has 104 valence electrons. The van der Waals surface area contributed by atoms with E-state index in [1.807, 2.05) is 0 Å². The molecular formula is C7H6O10P2. The van der Waals surface area contributed by atoms with Crippen molar-refractivity contribution in [1.29, 1.82) is 0 Å². The van der Waals surface area contributed by atoms with Crippen molar-refractivity contribution in [2.24, 2.45) is 0 Å². The van der Waals surface area contributed by atoms with Crippen LogP contribution in [0.5, 0.6) is 0 Å². The van der Waals surface area contributed by atoms with Crippen molar-refractivity contribution in [2.75, 3.05) is 0 Å². The third-order valence-electron chi connectivity index (χ3n) is 4.15. The van der Waals surface area contributed by atoms with Crippen LogP contribution < -0.4 is 0 Å². The Labute approximate surface area is 107 Å². The van der Waals surface area contributed by atoms with Crippen molar-refractivity contribution in [3.8, 4) is 0 Å². The highest BCUT2D eigenvalue weighted by molar-refractivity contribution is 7.44. The average molecular weight is 312 g/mol. The van der Waals surface area contributed by atoms with E-state index in [0.717, 1.165) is 0 Å². The molecule has 1 aliphatic carbocycles. The summed E-state index contributed by atoms with van der Waals surface area (Å²) in [4.78, 5) is 10.3. The van der Waals surface area contributed by atoms with Crippen molar-refractivity contribution >= 4 is 17.2 Å². The zero-order chi connectivity index (χ0) is 12.3. The smallest absolute Gasteiger partial charge is 0.272 e. The molecule has 7 saturated heterocycles. The molecule has 12 heteroatoms. The maximum absolute atomic E-state index is 5.79. The van der Waals surface area contributed by atoms with Gasteiger partial charge in [0.1, 0.15) is 0 Å². The van der Waals surface area contributed by atoms with Crippen molar-refractivity contribution < 1.29 is 47.0 Å². The quantitative estimate of drug-likeness (QED) is 0.482. The lowest BCUT2D eigenvalue weighted by atomic mass is 9.73. The molecule has 0 aromatic carbocycles. The molecule has 0 radical (unpaired) electrons. The topological polar surface area (TPSA) is 92.3 Å². The Balaban J connectivity index is 1.60. The molecule has 7 heterocycles. The molecular weight excluding hydrogens is 306 g/mol. The highest BCUT2D eigenvalue weighted by Crippen LogP contribution is 2.86. The molecule has 10 nitrogen and oxygen atoms in total. The molecule has 2 unspecified atom stereocenters. The molecule has 7 aliphatic heterocycles. The third-order valence-corrected chi connectivity index (χ3v) is 6.63. The maximum Gasteiger partial charge on any atom is 0.367 e. The van der Waals surface area contributed by atoms with Crippen LogP contribution in [-0.2, 0) is 47.0 Å². The van der Waals surface area contributed by atoms with E-state index in [0.29, 0.717) is 19.3 Å². The lowest BCUT2D eigenvalue weighted by molar-refractivity contribution is -0.784. The van der Waals surface area contributed by atoms with Gasteiger partial charge >= 0.3 is 23.2 Å². The summed E-state index contributed by atoms with van der Waals surface area (Å²) in [7, 11) is -3.04. The SMILES string of the molecule is C1CC23OP(O2)OC32OP3OC4(OOOOC42C1)O3. The summed E-state index contributed by atoms with van der Waals surface area (Å²) in [6, 6.07) is 0. The molecule has 0 aromatic rings. The predicted molar refractivity (Wildman–Crippen MR) is 49.5 cm³/mol. The Bertz CT molecular complexity index is 467. The van der Waals surface area contributed by atoms with Crippen LogP contribution >= 0.6 is 17.2 Å². The van der Waals surface area contributed by atoms with E-state index in [-0.39, 0.29) is 0 Å². The molecule has 2 atom stereocenters. The normalized spacial score (nSPS) is 68.2. The average Bonchev–Trinajstić information content (AvgIpc) is 2.82. The molecule has 8 fully saturated rings. The van der Waals surface area contributed by atoms with Crippen LogP contribution in [-0.4, -0.2) is 23.1 Å². The van der Waals surface area contributed by atoms with Crippen LogP contribution in [0.25, 0.3) is 0 Å². The van der Waals surface area contributed by atoms with E-state index in [2.05, 4.69) is 10.1 Å². The van der Waals surface area contributed by atoms with E-state index >= 15 is 0 Å². The monoisotopic (exact) mass is 312 g/mol. The van der Waals surface area contributed by atoms with Gasteiger partial charge in [0.25, 0.3) is 11.4 Å². The first-order valence-electron chi connectivity index (χ1n) is 5.69. The van der Waals surface area contributed by atoms with Crippen LogP contribution in [0.4, 0.5) is 0 Å². The summed E-state index contributed by atoms with van der Waals surface area (Å²) in [5.41, 5.74) is -1.32. The van der Waals surface area contributed by atoms with Gasteiger partial charge in [0.2, 0.25) is 5.79 Å². The molecule has 8 aliphatic rings. The molecule has 19 heavy (non-hydrogen) atoms. The first-order valence-corrected chi connectivity index (χ1v) is 7.88. The summed E-state index contributed by atoms with van der Waals surface area (Å²) in [5.74, 6) is -3.89. The van der Waals surface area contributed by atoms with E-state index in [9.17, 15) is 0 Å². The molecule has 0 amide bonds. The second kappa shape index (κ2) is 2.98. The minimum Gasteiger partial charge on any atom is -0.272 e. The highest BCUT2D eigenvalue weighted by atomic mass is 31.2. The van der Waals surface area contributed by atoms with Crippen molar-refractivity contribution in [3.63, 3.8) is 0 Å². The summed E-state index contributed by atoms with van der Waals surface area (Å²) in [5, 5.41) is 8.88. The minimum atomic E-state index is -1.61. The number of hydrogen-bond donors (Lipinski definition) is 0. The third kappa shape index (κ3) is 0.902. The van der Waals surface area contributed by atoms with Gasteiger partial charge in [-0.15, -0.1) is 4.89 Å². The summed E-state index contributed by atoms with van der Waals surface area (Å²) in [6.45, 7) is 0. The minimum absolute atomic E-state index is 0.456. The molecule has 1 saturated carbocycles. The summed E-state index contributed by atoms with van der Waals surface area (Å²) >= 11 is 0. The van der Waals surface area contributed by atoms with Gasteiger partial charge < -0.3 is 0 Å². The molecule has 0 N–H and O–H groups in total. The molecule has 0 aromatic heterocycles. The number of hydrogen-bond acceptors (Lipinski definition) is 10. The van der Waals surface area contributed by atoms with Crippen LogP contribution in [0.15, 0.2) is 0 Å². The lowest BCUT2D eigenvalue weighted by Crippen LogP contribution is -2.84. The van der Waals surface area contributed by atoms with E-state index in [4.69, 9.17) is 36.9 Å². The van der Waals surface area contributed by atoms with Gasteiger partial charge in [-0.1, -0.05) is 0 Å². The van der Waals surface area contributed by atoms with Gasteiger partial charge in [-0.25, -0.2) is 9.05 Å². The zero-order valence-corrected chi connectivity index (χ0v) is 10.9. The van der Waals surface area contributed by atoms with Gasteiger partial charge in [0, 0.05) is 6.42 Å². The second-order valence-electron chi connectivity index (χ2n) is 4.90. The van der Waals surface area contributed by atoms with Gasteiger partial charge in [-0.3, -0.25) is 18.1 Å². The first kappa shape index (κ1) is 11.1. The fraction of sp³-hybridized carbons (Fsp3) is 1.00. The van der Waals surface area contributed by atoms with Crippen molar-refractivity contribution in [1.82, 2.24) is 0 Å². The fourth-order valence-corrected chi connectivity index (χ4v) is 6.29. The Morgan fingerprint density at radius 1 is 0.737 bits per heavy atom. The van der Waals surface area contributed by atoms with E-state index in [1.165, 1.54) is 0 Å². The predicted octanol–water partition coefficient (Wildman–Crippen LogP) is 1.39. The summed E-state index contributed by atoms with van der Waals surface area (Å²) in [6.07, 6.45) is 1.78. The van der Waals surface area contributed by atoms with Crippen LogP contribution in [0.1, 0.15) is 19.3 Å². The highest BCUT2D eigenvalue weighted by Gasteiger charge is 2.96. The molecule has 4 spiro atoms. The van der Waals surface area contributed by atoms with E-state index in [1.54, 1.807) is 0 Å².